The van der Waals surface area contributed by atoms with Gasteiger partial charge in [0.2, 0.25) is 0 Å². The van der Waals surface area contributed by atoms with Crippen LogP contribution in [-0.2, 0) is 161 Å². The van der Waals surface area contributed by atoms with Gasteiger partial charge in [0, 0.05) is 11.8 Å². The van der Waals surface area contributed by atoms with Crippen molar-refractivity contribution in [2.24, 2.45) is 88.8 Å². The highest BCUT2D eigenvalue weighted by Crippen LogP contribution is 2.60. The van der Waals surface area contributed by atoms with Gasteiger partial charge in [-0.25, -0.2) is 55.3 Å². The van der Waals surface area contributed by atoms with Crippen LogP contribution >= 0.6 is 0 Å². The Kier molecular flexibility index (Phi) is 25.3. The van der Waals surface area contributed by atoms with Crippen LogP contribution in [0, 0.1) is 88.8 Å². The zero-order chi connectivity index (χ0) is 79.7. The van der Waals surface area contributed by atoms with E-state index >= 15 is 0 Å². The van der Waals surface area contributed by atoms with Crippen molar-refractivity contribution in [2.45, 2.75) is 195 Å². The Labute approximate surface area is 634 Å². The summed E-state index contributed by atoms with van der Waals surface area (Å²) in [6.45, 7) is 3.04. The van der Waals surface area contributed by atoms with Crippen molar-refractivity contribution in [3.63, 3.8) is 0 Å². The molecule has 9 saturated heterocycles. The van der Waals surface area contributed by atoms with Crippen LogP contribution in [-0.4, -0.2) is 272 Å². The number of hydrogen-bond donors (Lipinski definition) is 0. The fourth-order valence-electron chi connectivity index (χ4n) is 20.7. The normalized spacial score (nSPS) is 39.9. The van der Waals surface area contributed by atoms with Gasteiger partial charge < -0.3 is 88.9 Å². The molecule has 0 radical (unpaired) electrons. The third kappa shape index (κ3) is 21.2. The van der Waals surface area contributed by atoms with Gasteiger partial charge in [0.1, 0.15) is 122 Å². The first kappa shape index (κ1) is 84.4. The summed E-state index contributed by atoms with van der Waals surface area (Å²) in [4.78, 5) is 91.5. The van der Waals surface area contributed by atoms with Gasteiger partial charge in [-0.2, -0.15) is 0 Å². The molecule has 0 spiro atoms. The molecule has 10 saturated carbocycles. The van der Waals surface area contributed by atoms with E-state index in [0.717, 1.165) is 82.0 Å². The van der Waals surface area contributed by atoms with Gasteiger partial charge in [-0.15, -0.1) is 0 Å². The Morgan fingerprint density at radius 2 is 0.927 bits per heavy atom. The largest absolute Gasteiger partial charge is 0.748 e. The van der Waals surface area contributed by atoms with Gasteiger partial charge in [-0.3, -0.25) is 33.6 Å². The van der Waals surface area contributed by atoms with E-state index in [9.17, 15) is 116 Å². The van der Waals surface area contributed by atoms with E-state index in [1.807, 2.05) is 6.92 Å². The smallest absolute Gasteiger partial charge is 0.332 e. The van der Waals surface area contributed by atoms with E-state index in [4.69, 9.17) is 61.6 Å². The maximum atomic E-state index is 12.0. The number of carbonyl (C=O) groups is 8. The van der Waals surface area contributed by atoms with Crippen LogP contribution in [0.3, 0.4) is 0 Å². The lowest BCUT2D eigenvalue weighted by Gasteiger charge is -2.59. The van der Waals surface area contributed by atoms with Crippen molar-refractivity contribution in [2.75, 3.05) is 67.6 Å². The van der Waals surface area contributed by atoms with Gasteiger partial charge in [0.25, 0.3) is 0 Å². The highest BCUT2D eigenvalue weighted by molar-refractivity contribution is 7.87. The average molecular weight is 1680 g/mol. The van der Waals surface area contributed by atoms with Crippen molar-refractivity contribution >= 4 is 108 Å². The molecule has 0 aromatic heterocycles. The molecule has 23 atom stereocenters. The van der Waals surface area contributed by atoms with E-state index in [1.165, 1.54) is 25.7 Å². The number of hydrogen-bond acceptors (Lipinski definition) is 39. The van der Waals surface area contributed by atoms with E-state index in [0.29, 0.717) is 79.8 Å². The third-order valence-electron chi connectivity index (χ3n) is 24.6. The van der Waals surface area contributed by atoms with Crippen molar-refractivity contribution in [3.05, 3.63) is 0 Å². The number of fused-ring (bicyclic) bond motifs is 6. The molecule has 16 bridgehead atoms. The summed E-state index contributed by atoms with van der Waals surface area (Å²) in [7, 11) is -27.3. The maximum absolute atomic E-state index is 12.0. The highest BCUT2D eigenvalue weighted by Gasteiger charge is 2.66. The number of esters is 8. The van der Waals surface area contributed by atoms with Crippen LogP contribution < -0.4 is 0 Å². The summed E-state index contributed by atoms with van der Waals surface area (Å²) in [6, 6.07) is 0. The number of carbonyl (C=O) groups excluding carboxylic acids is 8. The summed E-state index contributed by atoms with van der Waals surface area (Å²) in [5, 5.41) is 0. The lowest BCUT2D eigenvalue weighted by Crippen LogP contribution is -2.58. The zero-order valence-corrected chi connectivity index (χ0v) is 64.2. The molecule has 622 valence electrons. The molecule has 0 aromatic carbocycles. The topological polar surface area (TPSA) is 600 Å². The standard InChI is InChI=1S/C15H24O6S.C12H16O7S.C10H14O6S.C10H16O5S.C9H10O8S.C9H12O7S/c1-15(21-14(16)9-20-2-3-22(17,18)19)12-5-10-4-11(7-12)8-13(15)6-10;13-10(5-20(15,16)17)19-11-7-1-6-2-8(4-7)12(14)18-9(11)3-6;11-8(4-17(12,13)14)16-9-5-1-6-3-15-10(9)7(6)2-5;11-10(6-16(12,13)14)15-5-9-4-7-1-2-8(9)3-7;10-5(2-18(12,13)14)16-7-4-1-3-6(15-4)8(7)17-9(3)11;10-6(3-17(11,12)13)16-8-5-1-4-2-14-9(8)7(4)15-5/h10-13H,2-9H2,1H3,(H,17,18,19);6-9,11H,1-5H2,(H,15,16,17);5-7,9-10H,1-4H2,(H,12,13,14);7-9H,1-6H2,(H,12,13,14);3-4,6-8H,1-2H2,(H,12,13,14);4-5,7-9H,1-3H2,(H,11,12,13)/p-6. The predicted octanol–water partition coefficient (Wildman–Crippen LogP) is -2.09. The first-order chi connectivity index (χ1) is 51.2. The molecule has 0 amide bonds. The molecule has 110 heavy (non-hydrogen) atoms. The van der Waals surface area contributed by atoms with Gasteiger partial charge in [-0.05, 0) is 175 Å². The number of rotatable bonds is 22. The quantitative estimate of drug-likeness (QED) is 0.0485. The van der Waals surface area contributed by atoms with E-state index in [2.05, 4.69) is 0 Å². The van der Waals surface area contributed by atoms with Crippen molar-refractivity contribution in [1.82, 2.24) is 0 Å². The third-order valence-corrected chi connectivity index (χ3v) is 28.3. The fourth-order valence-corrected chi connectivity index (χ4v) is 22.8. The van der Waals surface area contributed by atoms with Crippen LogP contribution in [0.25, 0.3) is 0 Å². The minimum Gasteiger partial charge on any atom is -0.748 e. The van der Waals surface area contributed by atoms with E-state index in [-0.39, 0.29) is 86.0 Å². The molecule has 23 unspecified atom stereocenters. The van der Waals surface area contributed by atoms with Gasteiger partial charge in [0.15, 0.2) is 18.3 Å². The number of ether oxygens (including phenoxy) is 13. The Hall–Kier alpha value is -4.98. The molecule has 10 aliphatic carbocycles. The average Bonchev–Trinajstić information content (AvgIpc) is 1.40. The minimum atomic E-state index is -4.68. The molecule has 19 aliphatic rings. The SMILES string of the molecule is CC1(OC(=O)COCCS(=O)(=O)[O-])C2CC3CC(C2)CC1C3.O=C(CS(=O)(=O)[O-])OC1C2CC3C(=O)OC1C3O2.O=C(CS(=O)(=O)[O-])OC1C2CC3CC(C2)C(=O)OC1C3.O=C(CS(=O)(=O)[O-])OC1C2CC3COC1C3C2.O=C(CS(=O)(=O)[O-])OC1C2CC3COC1C3O2.O=C(CS(=O)(=O)[O-])OCC1CC2CCC1C2. The molecule has 39 nitrogen and oxygen atoms in total. The first-order valence-electron chi connectivity index (χ1n) is 36.5. The summed E-state index contributed by atoms with van der Waals surface area (Å²) in [5.41, 5.74) is -0.404. The van der Waals surface area contributed by atoms with Crippen molar-refractivity contribution < 1.29 is 178 Å². The summed E-state index contributed by atoms with van der Waals surface area (Å²) < 4.78 is 256. The van der Waals surface area contributed by atoms with Crippen molar-refractivity contribution in [3.8, 4) is 0 Å². The first-order valence-corrected chi connectivity index (χ1v) is 46.0. The highest BCUT2D eigenvalue weighted by atomic mass is 32.2. The van der Waals surface area contributed by atoms with Gasteiger partial charge in [0.05, 0.1) is 78.6 Å². The second-order valence-corrected chi connectivity index (χ2v) is 40.8. The van der Waals surface area contributed by atoms with E-state index in [1.54, 1.807) is 0 Å². The lowest BCUT2D eigenvalue weighted by atomic mass is 9.50. The minimum absolute atomic E-state index is 0.0160. The molecule has 9 aliphatic heterocycles. The zero-order valence-electron chi connectivity index (χ0n) is 59.3. The Morgan fingerprint density at radius 3 is 1.49 bits per heavy atom. The van der Waals surface area contributed by atoms with Crippen LogP contribution in [0.2, 0.25) is 0 Å². The van der Waals surface area contributed by atoms with Gasteiger partial charge in [-0.1, -0.05) is 6.42 Å². The van der Waals surface area contributed by atoms with E-state index < -0.39 is 179 Å². The molecule has 0 N–H and O–H groups in total. The predicted molar refractivity (Wildman–Crippen MR) is 351 cm³/mol. The van der Waals surface area contributed by atoms with Gasteiger partial charge >= 0.3 is 47.8 Å². The summed E-state index contributed by atoms with van der Waals surface area (Å²) >= 11 is 0. The lowest BCUT2D eigenvalue weighted by molar-refractivity contribution is -0.206. The second-order valence-electron chi connectivity index (χ2n) is 32.2. The molecular formula is C65H86O39S6-6. The fraction of sp³-hybridized carbons (Fsp3) is 0.877. The molecule has 19 fully saturated rings. The molecule has 0 aromatic rings. The summed E-state index contributed by atoms with van der Waals surface area (Å²) in [6.07, 6.45) is 11.6. The van der Waals surface area contributed by atoms with Crippen LogP contribution in [0.4, 0.5) is 0 Å². The Balaban J connectivity index is 0.000000123. The Morgan fingerprint density at radius 1 is 0.418 bits per heavy atom. The van der Waals surface area contributed by atoms with Crippen LogP contribution in [0.1, 0.15) is 116 Å². The second kappa shape index (κ2) is 33.0. The maximum Gasteiger partial charge on any atom is 0.332 e. The monoisotopic (exact) mass is 1680 g/mol. The molecular weight excluding hydrogens is 1600 g/mol. The molecule has 45 heteroatoms. The molecule has 19 rings (SSSR count). The summed E-state index contributed by atoms with van der Waals surface area (Å²) in [5.74, 6) is -6.69. The Bertz CT molecular complexity index is 4110. The van der Waals surface area contributed by atoms with Crippen LogP contribution in [0.15, 0.2) is 0 Å². The van der Waals surface area contributed by atoms with Crippen molar-refractivity contribution in [1.29, 1.82) is 0 Å². The molecule has 9 heterocycles. The van der Waals surface area contributed by atoms with Crippen LogP contribution in [0.5, 0.6) is 0 Å².